The zero-order valence-electron chi connectivity index (χ0n) is 10.6. The van der Waals surface area contributed by atoms with Gasteiger partial charge < -0.3 is 14.2 Å². The van der Waals surface area contributed by atoms with Crippen LogP contribution in [0.4, 0.5) is 8.78 Å². The van der Waals surface area contributed by atoms with E-state index in [0.29, 0.717) is 0 Å². The summed E-state index contributed by atoms with van der Waals surface area (Å²) in [5.41, 5.74) is 0. The Hall–Kier alpha value is -0.360. The SMILES string of the molecule is COC(CCC(F)(F)C(=O)CO[PH](=O)O)C(C)C. The number of carbonyl (C=O) groups is 1. The van der Waals surface area contributed by atoms with E-state index in [9.17, 15) is 18.1 Å². The number of halogens is 2. The second-order valence-electron chi connectivity index (χ2n) is 4.24. The molecule has 0 aliphatic heterocycles. The molecule has 0 saturated heterocycles. The van der Waals surface area contributed by atoms with E-state index in [1.165, 1.54) is 7.11 Å². The van der Waals surface area contributed by atoms with Gasteiger partial charge in [0.25, 0.3) is 0 Å². The van der Waals surface area contributed by atoms with Crippen LogP contribution in [0, 0.1) is 5.92 Å². The number of methoxy groups -OCH3 is 1. The summed E-state index contributed by atoms with van der Waals surface area (Å²) in [4.78, 5) is 19.4. The summed E-state index contributed by atoms with van der Waals surface area (Å²) in [5, 5.41) is 0. The van der Waals surface area contributed by atoms with Crippen molar-refractivity contribution in [2.75, 3.05) is 13.7 Å². The number of carbonyl (C=O) groups excluding carboxylic acids is 1. The van der Waals surface area contributed by atoms with Crippen molar-refractivity contribution in [1.29, 1.82) is 0 Å². The van der Waals surface area contributed by atoms with Gasteiger partial charge in [0.2, 0.25) is 5.78 Å². The summed E-state index contributed by atoms with van der Waals surface area (Å²) < 4.78 is 46.0. The van der Waals surface area contributed by atoms with Gasteiger partial charge in [-0.1, -0.05) is 13.8 Å². The van der Waals surface area contributed by atoms with E-state index in [0.717, 1.165) is 0 Å². The molecule has 0 spiro atoms. The van der Waals surface area contributed by atoms with Gasteiger partial charge in [0, 0.05) is 13.5 Å². The highest BCUT2D eigenvalue weighted by Gasteiger charge is 2.38. The van der Waals surface area contributed by atoms with Crippen molar-refractivity contribution in [2.24, 2.45) is 5.92 Å². The van der Waals surface area contributed by atoms with Crippen LogP contribution in [0.25, 0.3) is 0 Å². The van der Waals surface area contributed by atoms with Crippen LogP contribution in [0.5, 0.6) is 0 Å². The first-order valence-corrected chi connectivity index (χ1v) is 6.76. The highest BCUT2D eigenvalue weighted by molar-refractivity contribution is 7.32. The van der Waals surface area contributed by atoms with Gasteiger partial charge in [-0.2, -0.15) is 8.78 Å². The molecule has 0 amide bonds. The standard InChI is InChI=1S/C10H19F2O5P/c1-7(2)8(16-3)4-5-10(11,12)9(13)6-17-18(14)15/h7-8,18H,4-6H2,1-3H3,(H,14,15). The lowest BCUT2D eigenvalue weighted by atomic mass is 9.98. The molecular weight excluding hydrogens is 269 g/mol. The molecule has 18 heavy (non-hydrogen) atoms. The van der Waals surface area contributed by atoms with Crippen molar-refractivity contribution < 1.29 is 32.3 Å². The predicted octanol–water partition coefficient (Wildman–Crippen LogP) is 2.04. The summed E-state index contributed by atoms with van der Waals surface area (Å²) in [5.74, 6) is -5.00. The minimum atomic E-state index is -3.57. The van der Waals surface area contributed by atoms with Gasteiger partial charge in [0.15, 0.2) is 0 Å². The van der Waals surface area contributed by atoms with E-state index < -0.39 is 33.0 Å². The Bertz CT molecular complexity index is 296. The lowest BCUT2D eigenvalue weighted by Crippen LogP contribution is -2.33. The number of ether oxygens (including phenoxy) is 1. The summed E-state index contributed by atoms with van der Waals surface area (Å²) in [7, 11) is -1.94. The summed E-state index contributed by atoms with van der Waals surface area (Å²) in [6.45, 7) is 2.60. The van der Waals surface area contributed by atoms with Crippen molar-refractivity contribution in [3.05, 3.63) is 0 Å². The van der Waals surface area contributed by atoms with E-state index in [1.54, 1.807) is 0 Å². The first kappa shape index (κ1) is 17.6. The Morgan fingerprint density at radius 1 is 1.44 bits per heavy atom. The topological polar surface area (TPSA) is 72.8 Å². The van der Waals surface area contributed by atoms with Crippen LogP contribution < -0.4 is 0 Å². The Balaban J connectivity index is 4.28. The number of alkyl halides is 2. The zero-order valence-corrected chi connectivity index (χ0v) is 11.6. The van der Waals surface area contributed by atoms with Gasteiger partial charge in [-0.15, -0.1) is 0 Å². The minimum absolute atomic E-state index is 0.0290. The minimum Gasteiger partial charge on any atom is -0.381 e. The van der Waals surface area contributed by atoms with Crippen molar-refractivity contribution in [1.82, 2.24) is 0 Å². The van der Waals surface area contributed by atoms with Crippen LogP contribution in [0.15, 0.2) is 0 Å². The van der Waals surface area contributed by atoms with Gasteiger partial charge in [-0.3, -0.25) is 9.36 Å². The Kier molecular flexibility index (Phi) is 7.78. The average molecular weight is 288 g/mol. The fraction of sp³-hybridized carbons (Fsp3) is 0.900. The fourth-order valence-electron chi connectivity index (χ4n) is 1.42. The molecule has 2 unspecified atom stereocenters. The van der Waals surface area contributed by atoms with E-state index in [-0.39, 0.29) is 18.4 Å². The second kappa shape index (κ2) is 7.94. The quantitative estimate of drug-likeness (QED) is 0.657. The van der Waals surface area contributed by atoms with Crippen LogP contribution in [0.3, 0.4) is 0 Å². The molecule has 0 aromatic carbocycles. The lowest BCUT2D eigenvalue weighted by molar-refractivity contribution is -0.147. The number of rotatable bonds is 9. The third-order valence-corrected chi connectivity index (χ3v) is 2.92. The molecule has 0 aliphatic carbocycles. The molecule has 0 fully saturated rings. The predicted molar refractivity (Wildman–Crippen MR) is 62.0 cm³/mol. The molecule has 2 atom stereocenters. The largest absolute Gasteiger partial charge is 0.381 e. The maximum absolute atomic E-state index is 13.4. The molecule has 0 aliphatic rings. The van der Waals surface area contributed by atoms with Crippen molar-refractivity contribution in [2.45, 2.75) is 38.7 Å². The van der Waals surface area contributed by atoms with Crippen molar-refractivity contribution in [3.8, 4) is 0 Å². The number of Topliss-reactive ketones (excluding diaryl/α,β-unsaturated/α-hetero) is 1. The highest BCUT2D eigenvalue weighted by Crippen LogP contribution is 2.26. The number of hydrogen-bond donors (Lipinski definition) is 1. The molecule has 0 saturated carbocycles. The summed E-state index contributed by atoms with van der Waals surface area (Å²) >= 11 is 0. The molecule has 0 radical (unpaired) electrons. The highest BCUT2D eigenvalue weighted by atomic mass is 31.1. The van der Waals surface area contributed by atoms with Crippen LogP contribution >= 0.6 is 8.25 Å². The molecule has 0 bridgehead atoms. The maximum atomic E-state index is 13.4. The number of ketones is 1. The van der Waals surface area contributed by atoms with Gasteiger partial charge in [0.1, 0.15) is 6.61 Å². The third-order valence-electron chi connectivity index (χ3n) is 2.52. The molecule has 108 valence electrons. The van der Waals surface area contributed by atoms with Gasteiger partial charge in [0.05, 0.1) is 6.10 Å². The maximum Gasteiger partial charge on any atom is 0.317 e. The van der Waals surface area contributed by atoms with Crippen molar-refractivity contribution in [3.63, 3.8) is 0 Å². The molecular formula is C10H19F2O5P. The third kappa shape index (κ3) is 6.54. The van der Waals surface area contributed by atoms with Crippen LogP contribution in [0.1, 0.15) is 26.7 Å². The normalized spacial score (nSPS) is 15.7. The van der Waals surface area contributed by atoms with E-state index in [2.05, 4.69) is 4.52 Å². The first-order chi connectivity index (χ1) is 8.20. The van der Waals surface area contributed by atoms with Gasteiger partial charge >= 0.3 is 14.2 Å². The molecule has 1 N–H and O–H groups in total. The van der Waals surface area contributed by atoms with Crippen LogP contribution in [-0.2, 0) is 18.6 Å². The van der Waals surface area contributed by atoms with Gasteiger partial charge in [-0.25, -0.2) is 0 Å². The molecule has 5 nitrogen and oxygen atoms in total. The monoisotopic (exact) mass is 288 g/mol. The Labute approximate surface area is 105 Å². The van der Waals surface area contributed by atoms with Crippen LogP contribution in [-0.4, -0.2) is 36.4 Å². The Morgan fingerprint density at radius 3 is 2.39 bits per heavy atom. The molecule has 8 heteroatoms. The first-order valence-electron chi connectivity index (χ1n) is 5.50. The van der Waals surface area contributed by atoms with Crippen molar-refractivity contribution >= 4 is 14.0 Å². The molecule has 0 aromatic rings. The van der Waals surface area contributed by atoms with E-state index >= 15 is 0 Å². The number of hydrogen-bond acceptors (Lipinski definition) is 4. The smallest absolute Gasteiger partial charge is 0.317 e. The summed E-state index contributed by atoms with van der Waals surface area (Å²) in [6.07, 6.45) is -0.999. The molecule has 0 aromatic heterocycles. The zero-order chi connectivity index (χ0) is 14.3. The lowest BCUT2D eigenvalue weighted by Gasteiger charge is -2.22. The summed E-state index contributed by atoms with van der Waals surface area (Å²) in [6, 6.07) is 0. The average Bonchev–Trinajstić information content (AvgIpc) is 2.25. The van der Waals surface area contributed by atoms with Crippen LogP contribution in [0.2, 0.25) is 0 Å². The fourth-order valence-corrected chi connectivity index (χ4v) is 1.67. The Morgan fingerprint density at radius 2 is 2.00 bits per heavy atom. The molecule has 0 rings (SSSR count). The second-order valence-corrected chi connectivity index (χ2v) is 5.06. The molecule has 0 heterocycles. The van der Waals surface area contributed by atoms with E-state index in [1.807, 2.05) is 13.8 Å². The van der Waals surface area contributed by atoms with E-state index in [4.69, 9.17) is 9.63 Å². The van der Waals surface area contributed by atoms with Gasteiger partial charge in [-0.05, 0) is 12.3 Å².